The maximum atomic E-state index is 12.1. The molecule has 1 heterocycles. The van der Waals surface area contributed by atoms with E-state index in [4.69, 9.17) is 11.6 Å². The molecule has 0 atom stereocenters. The van der Waals surface area contributed by atoms with Crippen molar-refractivity contribution >= 4 is 39.9 Å². The third kappa shape index (κ3) is 4.03. The van der Waals surface area contributed by atoms with Crippen LogP contribution in [-0.2, 0) is 16.0 Å². The summed E-state index contributed by atoms with van der Waals surface area (Å²) < 4.78 is 4.62. The molecule has 0 saturated carbocycles. The van der Waals surface area contributed by atoms with Gasteiger partial charge in [0, 0.05) is 15.5 Å². The number of benzene rings is 1. The molecular formula is C14H13ClN2O3S. The number of aryl methyl sites for hydroxylation is 1. The van der Waals surface area contributed by atoms with Gasteiger partial charge in [0.25, 0.3) is 5.91 Å². The fraction of sp³-hybridized carbons (Fsp3) is 0.214. The van der Waals surface area contributed by atoms with Gasteiger partial charge in [0.1, 0.15) is 0 Å². The van der Waals surface area contributed by atoms with Crippen molar-refractivity contribution < 1.29 is 14.3 Å². The molecular weight excluding hydrogens is 312 g/mol. The van der Waals surface area contributed by atoms with Gasteiger partial charge >= 0.3 is 5.97 Å². The molecule has 0 radical (unpaired) electrons. The Balaban J connectivity index is 2.11. The highest BCUT2D eigenvalue weighted by Gasteiger charge is 2.14. The Morgan fingerprint density at radius 1 is 1.43 bits per heavy atom. The number of carbonyl (C=O) groups is 2. The van der Waals surface area contributed by atoms with Crippen LogP contribution < -0.4 is 5.32 Å². The standard InChI is InChI=1S/C14H13ClN2O3S/c1-8-11(7-12(18)20-2)21-14(16-8)17-13(19)9-4-3-5-10(15)6-9/h3-6H,7H2,1-2H3,(H,16,17,19). The van der Waals surface area contributed by atoms with Gasteiger partial charge in [-0.3, -0.25) is 14.9 Å². The Kier molecular flexibility index (Phi) is 4.93. The Morgan fingerprint density at radius 2 is 2.19 bits per heavy atom. The number of rotatable bonds is 4. The number of halogens is 1. The number of hydrogen-bond acceptors (Lipinski definition) is 5. The normalized spacial score (nSPS) is 10.2. The molecule has 110 valence electrons. The number of hydrogen-bond donors (Lipinski definition) is 1. The maximum Gasteiger partial charge on any atom is 0.310 e. The van der Waals surface area contributed by atoms with E-state index in [9.17, 15) is 9.59 Å². The van der Waals surface area contributed by atoms with Crippen molar-refractivity contribution in [2.24, 2.45) is 0 Å². The highest BCUT2D eigenvalue weighted by Crippen LogP contribution is 2.24. The molecule has 1 aromatic carbocycles. The summed E-state index contributed by atoms with van der Waals surface area (Å²) in [6.45, 7) is 1.78. The van der Waals surface area contributed by atoms with Gasteiger partial charge in [-0.2, -0.15) is 0 Å². The summed E-state index contributed by atoms with van der Waals surface area (Å²) >= 11 is 7.10. The lowest BCUT2D eigenvalue weighted by molar-refractivity contribution is -0.139. The molecule has 7 heteroatoms. The van der Waals surface area contributed by atoms with Gasteiger partial charge in [0.05, 0.1) is 19.2 Å². The van der Waals surface area contributed by atoms with E-state index in [0.29, 0.717) is 21.4 Å². The molecule has 5 nitrogen and oxygen atoms in total. The predicted octanol–water partition coefficient (Wildman–Crippen LogP) is 3.07. The van der Waals surface area contributed by atoms with Gasteiger partial charge in [-0.1, -0.05) is 17.7 Å². The molecule has 0 unspecified atom stereocenters. The second-order valence-corrected chi connectivity index (χ2v) is 5.77. The van der Waals surface area contributed by atoms with Gasteiger partial charge < -0.3 is 4.74 Å². The zero-order valence-corrected chi connectivity index (χ0v) is 13.0. The SMILES string of the molecule is COC(=O)Cc1sc(NC(=O)c2cccc(Cl)c2)nc1C. The lowest BCUT2D eigenvalue weighted by Crippen LogP contribution is -2.11. The average molecular weight is 325 g/mol. The van der Waals surface area contributed by atoms with Crippen molar-refractivity contribution in [3.63, 3.8) is 0 Å². The van der Waals surface area contributed by atoms with Crippen molar-refractivity contribution in [2.75, 3.05) is 12.4 Å². The fourth-order valence-electron chi connectivity index (χ4n) is 1.65. The number of esters is 1. The quantitative estimate of drug-likeness (QED) is 0.878. The van der Waals surface area contributed by atoms with Gasteiger partial charge in [-0.25, -0.2) is 4.98 Å². The van der Waals surface area contributed by atoms with Crippen LogP contribution in [0.15, 0.2) is 24.3 Å². The summed E-state index contributed by atoms with van der Waals surface area (Å²) in [5.41, 5.74) is 1.15. The lowest BCUT2D eigenvalue weighted by Gasteiger charge is -2.01. The number of carbonyl (C=O) groups excluding carboxylic acids is 2. The van der Waals surface area contributed by atoms with E-state index in [2.05, 4.69) is 15.0 Å². The van der Waals surface area contributed by atoms with E-state index in [0.717, 1.165) is 4.88 Å². The van der Waals surface area contributed by atoms with Crippen LogP contribution >= 0.6 is 22.9 Å². The molecule has 0 aliphatic rings. The summed E-state index contributed by atoms with van der Waals surface area (Å²) in [6, 6.07) is 6.64. The minimum absolute atomic E-state index is 0.146. The Labute approximate surface area is 130 Å². The van der Waals surface area contributed by atoms with Crippen molar-refractivity contribution in [3.8, 4) is 0 Å². The Bertz CT molecular complexity index is 685. The Morgan fingerprint density at radius 3 is 2.86 bits per heavy atom. The predicted molar refractivity (Wildman–Crippen MR) is 82.0 cm³/mol. The summed E-state index contributed by atoms with van der Waals surface area (Å²) in [7, 11) is 1.33. The van der Waals surface area contributed by atoms with Gasteiger partial charge in [0.15, 0.2) is 5.13 Å². The molecule has 1 N–H and O–H groups in total. The monoisotopic (exact) mass is 324 g/mol. The second kappa shape index (κ2) is 6.69. The van der Waals surface area contributed by atoms with Gasteiger partial charge in [0.2, 0.25) is 0 Å². The van der Waals surface area contributed by atoms with Crippen molar-refractivity contribution in [1.82, 2.24) is 4.98 Å². The van der Waals surface area contributed by atoms with Crippen LogP contribution in [-0.4, -0.2) is 24.0 Å². The van der Waals surface area contributed by atoms with Gasteiger partial charge in [-0.15, -0.1) is 11.3 Å². The number of amides is 1. The van der Waals surface area contributed by atoms with E-state index in [1.807, 2.05) is 0 Å². The highest BCUT2D eigenvalue weighted by atomic mass is 35.5. The number of methoxy groups -OCH3 is 1. The van der Waals surface area contributed by atoms with Gasteiger partial charge in [-0.05, 0) is 25.1 Å². The molecule has 0 fully saturated rings. The van der Waals surface area contributed by atoms with Crippen LogP contribution in [0.2, 0.25) is 5.02 Å². The molecule has 2 rings (SSSR count). The van der Waals surface area contributed by atoms with Crippen LogP contribution in [0.3, 0.4) is 0 Å². The second-order valence-electron chi connectivity index (χ2n) is 4.24. The molecule has 2 aromatic rings. The fourth-order valence-corrected chi connectivity index (χ4v) is 2.78. The smallest absolute Gasteiger partial charge is 0.310 e. The Hall–Kier alpha value is -1.92. The molecule has 0 bridgehead atoms. The molecule has 0 aliphatic heterocycles. The van der Waals surface area contributed by atoms with Crippen LogP contribution in [0.5, 0.6) is 0 Å². The number of nitrogens with one attached hydrogen (secondary N) is 1. The first-order valence-corrected chi connectivity index (χ1v) is 7.29. The third-order valence-electron chi connectivity index (χ3n) is 2.73. The number of aromatic nitrogens is 1. The summed E-state index contributed by atoms with van der Waals surface area (Å²) in [5, 5.41) is 3.63. The minimum atomic E-state index is -0.338. The summed E-state index contributed by atoms with van der Waals surface area (Å²) in [4.78, 5) is 28.3. The summed E-state index contributed by atoms with van der Waals surface area (Å²) in [6.07, 6.45) is 0.146. The molecule has 0 aliphatic carbocycles. The van der Waals surface area contributed by atoms with Crippen molar-refractivity contribution in [3.05, 3.63) is 45.4 Å². The molecule has 21 heavy (non-hydrogen) atoms. The van der Waals surface area contributed by atoms with Crippen molar-refractivity contribution in [2.45, 2.75) is 13.3 Å². The topological polar surface area (TPSA) is 68.3 Å². The van der Waals surface area contributed by atoms with Crippen molar-refractivity contribution in [1.29, 1.82) is 0 Å². The zero-order valence-electron chi connectivity index (χ0n) is 11.5. The molecule has 1 aromatic heterocycles. The molecule has 0 spiro atoms. The first kappa shape index (κ1) is 15.5. The van der Waals surface area contributed by atoms with Crippen LogP contribution in [0.1, 0.15) is 20.9 Å². The zero-order chi connectivity index (χ0) is 15.4. The van der Waals surface area contributed by atoms with Crippen LogP contribution in [0, 0.1) is 6.92 Å². The lowest BCUT2D eigenvalue weighted by atomic mass is 10.2. The van der Waals surface area contributed by atoms with Crippen LogP contribution in [0.25, 0.3) is 0 Å². The molecule has 1 amide bonds. The van der Waals surface area contributed by atoms with E-state index in [1.54, 1.807) is 31.2 Å². The first-order valence-electron chi connectivity index (χ1n) is 6.09. The largest absolute Gasteiger partial charge is 0.469 e. The van der Waals surface area contributed by atoms with E-state index >= 15 is 0 Å². The highest BCUT2D eigenvalue weighted by molar-refractivity contribution is 7.16. The number of anilines is 1. The molecule has 0 saturated heterocycles. The third-order valence-corrected chi connectivity index (χ3v) is 4.04. The van der Waals surface area contributed by atoms with E-state index < -0.39 is 0 Å². The number of nitrogens with zero attached hydrogens (tertiary/aromatic N) is 1. The van der Waals surface area contributed by atoms with E-state index in [-0.39, 0.29) is 18.3 Å². The summed E-state index contributed by atoms with van der Waals surface area (Å²) in [5.74, 6) is -0.634. The number of ether oxygens (including phenoxy) is 1. The first-order chi connectivity index (χ1) is 9.99. The minimum Gasteiger partial charge on any atom is -0.469 e. The maximum absolute atomic E-state index is 12.1. The number of thiazole rings is 1. The van der Waals surface area contributed by atoms with E-state index in [1.165, 1.54) is 18.4 Å². The average Bonchev–Trinajstić information content (AvgIpc) is 2.78. The van der Waals surface area contributed by atoms with Crippen LogP contribution in [0.4, 0.5) is 5.13 Å².